The molecule has 7 heteroatoms. The molecule has 0 aliphatic heterocycles. The van der Waals surface area contributed by atoms with E-state index in [0.29, 0.717) is 13.0 Å². The van der Waals surface area contributed by atoms with Gasteiger partial charge in [0.1, 0.15) is 0 Å². The van der Waals surface area contributed by atoms with Crippen LogP contribution in [0.5, 0.6) is 0 Å². The Morgan fingerprint density at radius 3 is 2.62 bits per heavy atom. The Labute approximate surface area is 94.3 Å². The standard InChI is InChI=1S/C9H19N3O4/c1-6(8(14)12-9(10)15)11-4-3-7(13)5-16-2/h6-7,11,13H,3-5H2,1-2H3,(H3,10,12,14,15). The van der Waals surface area contributed by atoms with Crippen molar-refractivity contribution in [2.45, 2.75) is 25.5 Å². The van der Waals surface area contributed by atoms with Gasteiger partial charge in [-0.2, -0.15) is 0 Å². The maximum Gasteiger partial charge on any atom is 0.318 e. The summed E-state index contributed by atoms with van der Waals surface area (Å²) >= 11 is 0. The van der Waals surface area contributed by atoms with Crippen molar-refractivity contribution in [1.82, 2.24) is 10.6 Å². The topological polar surface area (TPSA) is 114 Å². The number of imide groups is 1. The zero-order chi connectivity index (χ0) is 12.6. The summed E-state index contributed by atoms with van der Waals surface area (Å²) in [5.41, 5.74) is 4.79. The van der Waals surface area contributed by atoms with Crippen LogP contribution in [0.3, 0.4) is 0 Å². The van der Waals surface area contributed by atoms with Gasteiger partial charge in [-0.25, -0.2) is 4.79 Å². The maximum absolute atomic E-state index is 11.2. The Hall–Kier alpha value is -1.18. The van der Waals surface area contributed by atoms with Crippen molar-refractivity contribution in [2.24, 2.45) is 5.73 Å². The Balaban J connectivity index is 3.68. The molecule has 0 aliphatic carbocycles. The van der Waals surface area contributed by atoms with E-state index in [2.05, 4.69) is 5.32 Å². The van der Waals surface area contributed by atoms with Crippen molar-refractivity contribution in [3.8, 4) is 0 Å². The molecule has 94 valence electrons. The van der Waals surface area contributed by atoms with Crippen molar-refractivity contribution in [2.75, 3.05) is 20.3 Å². The fourth-order valence-electron chi connectivity index (χ4n) is 1.06. The Morgan fingerprint density at radius 2 is 2.12 bits per heavy atom. The third-order valence-electron chi connectivity index (χ3n) is 1.93. The molecule has 0 saturated carbocycles. The van der Waals surface area contributed by atoms with E-state index >= 15 is 0 Å². The number of primary amides is 1. The van der Waals surface area contributed by atoms with Crippen LogP contribution in [0.4, 0.5) is 4.79 Å². The molecule has 0 saturated heterocycles. The van der Waals surface area contributed by atoms with Gasteiger partial charge in [0.05, 0.1) is 18.8 Å². The van der Waals surface area contributed by atoms with Crippen molar-refractivity contribution in [3.05, 3.63) is 0 Å². The molecule has 7 nitrogen and oxygen atoms in total. The summed E-state index contributed by atoms with van der Waals surface area (Å²) in [4.78, 5) is 21.6. The molecule has 3 amide bonds. The molecule has 0 rings (SSSR count). The number of nitrogens with two attached hydrogens (primary N) is 1. The molecule has 0 fully saturated rings. The average Bonchev–Trinajstić information content (AvgIpc) is 2.16. The van der Waals surface area contributed by atoms with Gasteiger partial charge >= 0.3 is 6.03 Å². The average molecular weight is 233 g/mol. The van der Waals surface area contributed by atoms with Crippen LogP contribution in [0.15, 0.2) is 0 Å². The van der Waals surface area contributed by atoms with Crippen LogP contribution < -0.4 is 16.4 Å². The third-order valence-corrected chi connectivity index (χ3v) is 1.93. The number of aliphatic hydroxyl groups is 1. The minimum absolute atomic E-state index is 0.254. The summed E-state index contributed by atoms with van der Waals surface area (Å²) in [6.45, 7) is 2.29. The van der Waals surface area contributed by atoms with Gasteiger partial charge in [-0.1, -0.05) is 0 Å². The molecule has 16 heavy (non-hydrogen) atoms. The third kappa shape index (κ3) is 7.16. The van der Waals surface area contributed by atoms with Gasteiger partial charge in [0.15, 0.2) is 0 Å². The van der Waals surface area contributed by atoms with E-state index in [-0.39, 0.29) is 6.61 Å². The molecule has 0 bridgehead atoms. The van der Waals surface area contributed by atoms with E-state index in [1.165, 1.54) is 7.11 Å². The lowest BCUT2D eigenvalue weighted by Crippen LogP contribution is -2.47. The second kappa shape index (κ2) is 8.03. The summed E-state index contributed by atoms with van der Waals surface area (Å²) in [5, 5.41) is 14.1. The van der Waals surface area contributed by atoms with Crippen LogP contribution >= 0.6 is 0 Å². The first-order valence-electron chi connectivity index (χ1n) is 4.98. The van der Waals surface area contributed by atoms with E-state index in [1.807, 2.05) is 5.32 Å². The highest BCUT2D eigenvalue weighted by Crippen LogP contribution is 1.91. The van der Waals surface area contributed by atoms with Crippen LogP contribution in [-0.2, 0) is 9.53 Å². The predicted molar refractivity (Wildman–Crippen MR) is 57.7 cm³/mol. The highest BCUT2D eigenvalue weighted by molar-refractivity contribution is 5.96. The molecule has 2 atom stereocenters. The molecule has 0 aromatic carbocycles. The molecule has 5 N–H and O–H groups in total. The first-order chi connectivity index (χ1) is 7.47. The minimum atomic E-state index is -0.877. The number of hydrogen-bond donors (Lipinski definition) is 4. The number of rotatable bonds is 7. The van der Waals surface area contributed by atoms with Gasteiger partial charge in [0.2, 0.25) is 5.91 Å². The number of amides is 3. The minimum Gasteiger partial charge on any atom is -0.391 e. The van der Waals surface area contributed by atoms with E-state index in [0.717, 1.165) is 0 Å². The zero-order valence-electron chi connectivity index (χ0n) is 9.53. The first-order valence-corrected chi connectivity index (χ1v) is 4.98. The maximum atomic E-state index is 11.2. The van der Waals surface area contributed by atoms with E-state index in [4.69, 9.17) is 10.5 Å². The second-order valence-corrected chi connectivity index (χ2v) is 3.43. The molecule has 0 aromatic rings. The number of carbonyl (C=O) groups is 2. The summed E-state index contributed by atoms with van der Waals surface area (Å²) < 4.78 is 4.74. The molecular weight excluding hydrogens is 214 g/mol. The SMILES string of the molecule is COCC(O)CCNC(C)C(=O)NC(N)=O. The number of hydrogen-bond acceptors (Lipinski definition) is 5. The Bertz CT molecular complexity index is 235. The number of aliphatic hydroxyl groups excluding tert-OH is 1. The molecule has 0 heterocycles. The van der Waals surface area contributed by atoms with Crippen molar-refractivity contribution in [3.63, 3.8) is 0 Å². The van der Waals surface area contributed by atoms with Crippen molar-refractivity contribution >= 4 is 11.9 Å². The molecule has 2 unspecified atom stereocenters. The highest BCUT2D eigenvalue weighted by atomic mass is 16.5. The summed E-state index contributed by atoms with van der Waals surface area (Å²) in [7, 11) is 1.50. The van der Waals surface area contributed by atoms with Gasteiger partial charge < -0.3 is 20.9 Å². The summed E-state index contributed by atoms with van der Waals surface area (Å²) in [5.74, 6) is -0.492. The van der Waals surface area contributed by atoms with Crippen LogP contribution in [0.25, 0.3) is 0 Å². The zero-order valence-corrected chi connectivity index (χ0v) is 9.53. The normalized spacial score (nSPS) is 14.2. The largest absolute Gasteiger partial charge is 0.391 e. The van der Waals surface area contributed by atoms with Gasteiger partial charge in [0, 0.05) is 7.11 Å². The summed E-state index contributed by atoms with van der Waals surface area (Å²) in [6, 6.07) is -1.42. The van der Waals surface area contributed by atoms with Crippen molar-refractivity contribution < 1.29 is 19.4 Å². The van der Waals surface area contributed by atoms with E-state index in [1.54, 1.807) is 6.92 Å². The van der Waals surface area contributed by atoms with Gasteiger partial charge in [-0.05, 0) is 19.9 Å². The second-order valence-electron chi connectivity index (χ2n) is 3.43. The number of ether oxygens (including phenoxy) is 1. The fraction of sp³-hybridized carbons (Fsp3) is 0.778. The fourth-order valence-corrected chi connectivity index (χ4v) is 1.06. The molecule has 0 aromatic heterocycles. The number of urea groups is 1. The summed E-state index contributed by atoms with van der Waals surface area (Å²) in [6.07, 6.45) is -0.105. The predicted octanol–water partition coefficient (Wildman–Crippen LogP) is -1.44. The lowest BCUT2D eigenvalue weighted by Gasteiger charge is -2.14. The van der Waals surface area contributed by atoms with E-state index in [9.17, 15) is 14.7 Å². The first kappa shape index (κ1) is 14.8. The number of carbonyl (C=O) groups excluding carboxylic acids is 2. The quantitative estimate of drug-likeness (QED) is 0.430. The molecular formula is C9H19N3O4. The monoisotopic (exact) mass is 233 g/mol. The molecule has 0 aliphatic rings. The molecule has 0 spiro atoms. The highest BCUT2D eigenvalue weighted by Gasteiger charge is 2.13. The smallest absolute Gasteiger partial charge is 0.318 e. The van der Waals surface area contributed by atoms with Crippen LogP contribution in [-0.4, -0.2) is 49.5 Å². The van der Waals surface area contributed by atoms with Gasteiger partial charge in [-0.3, -0.25) is 10.1 Å². The Morgan fingerprint density at radius 1 is 1.50 bits per heavy atom. The number of methoxy groups -OCH3 is 1. The van der Waals surface area contributed by atoms with Gasteiger partial charge in [0.25, 0.3) is 0 Å². The number of nitrogens with one attached hydrogen (secondary N) is 2. The van der Waals surface area contributed by atoms with Crippen molar-refractivity contribution in [1.29, 1.82) is 0 Å². The Kier molecular flexibility index (Phi) is 7.44. The lowest BCUT2D eigenvalue weighted by atomic mass is 10.2. The van der Waals surface area contributed by atoms with E-state index < -0.39 is 24.1 Å². The van der Waals surface area contributed by atoms with Crippen LogP contribution in [0.2, 0.25) is 0 Å². The van der Waals surface area contributed by atoms with Gasteiger partial charge in [-0.15, -0.1) is 0 Å². The molecule has 0 radical (unpaired) electrons. The van der Waals surface area contributed by atoms with Crippen LogP contribution in [0.1, 0.15) is 13.3 Å². The van der Waals surface area contributed by atoms with Crippen LogP contribution in [0, 0.1) is 0 Å². The lowest BCUT2D eigenvalue weighted by molar-refractivity contribution is -0.121.